The summed E-state index contributed by atoms with van der Waals surface area (Å²) >= 11 is 5.37. The van der Waals surface area contributed by atoms with Crippen molar-refractivity contribution in [3.8, 4) is 17.1 Å². The molecule has 142 valence electrons. The minimum atomic E-state index is 0.439. The van der Waals surface area contributed by atoms with E-state index in [2.05, 4.69) is 45.4 Å². The Balaban J connectivity index is 1.70. The van der Waals surface area contributed by atoms with Gasteiger partial charge in [0.1, 0.15) is 5.75 Å². The van der Waals surface area contributed by atoms with Crippen LogP contribution in [0.5, 0.6) is 5.75 Å². The highest BCUT2D eigenvalue weighted by Crippen LogP contribution is 2.23. The Bertz CT molecular complexity index is 1180. The third-order valence-electron chi connectivity index (χ3n) is 4.60. The van der Waals surface area contributed by atoms with Gasteiger partial charge in [-0.05, 0) is 55.4 Å². The highest BCUT2D eigenvalue weighted by Gasteiger charge is 2.09. The topological polar surface area (TPSA) is 71.0 Å². The molecule has 0 atom stereocenters. The number of benzene rings is 2. The summed E-state index contributed by atoms with van der Waals surface area (Å²) in [7, 11) is 0. The largest absolute Gasteiger partial charge is 0.494 e. The van der Waals surface area contributed by atoms with E-state index in [9.17, 15) is 0 Å². The van der Waals surface area contributed by atoms with Gasteiger partial charge in [-0.1, -0.05) is 25.1 Å². The van der Waals surface area contributed by atoms with Crippen molar-refractivity contribution < 1.29 is 4.74 Å². The molecule has 0 saturated heterocycles. The van der Waals surface area contributed by atoms with Crippen molar-refractivity contribution >= 4 is 29.3 Å². The molecule has 0 fully saturated rings. The number of hydrogen-bond donors (Lipinski definition) is 2. The van der Waals surface area contributed by atoms with Crippen LogP contribution in [0.25, 0.3) is 22.3 Å². The molecule has 6 nitrogen and oxygen atoms in total. The molecule has 2 aromatic carbocycles. The average molecular weight is 392 g/mol. The minimum Gasteiger partial charge on any atom is -0.494 e. The number of aromatic nitrogens is 4. The highest BCUT2D eigenvalue weighted by atomic mass is 32.1. The number of nitrogens with one attached hydrogen (secondary N) is 2. The first-order valence-electron chi connectivity index (χ1n) is 9.25. The number of aryl methyl sites for hydroxylation is 1. The molecule has 0 radical (unpaired) electrons. The molecule has 0 amide bonds. The molecule has 2 aromatic heterocycles. The van der Waals surface area contributed by atoms with Crippen molar-refractivity contribution in [3.05, 3.63) is 64.6 Å². The first-order chi connectivity index (χ1) is 13.7. The lowest BCUT2D eigenvalue weighted by Gasteiger charge is -2.04. The number of para-hydroxylation sites is 1. The van der Waals surface area contributed by atoms with Crippen LogP contribution in [-0.2, 0) is 6.42 Å². The second-order valence-electron chi connectivity index (χ2n) is 6.30. The van der Waals surface area contributed by atoms with E-state index in [4.69, 9.17) is 17.0 Å². The van der Waals surface area contributed by atoms with E-state index in [0.29, 0.717) is 17.2 Å². The minimum absolute atomic E-state index is 0.439. The maximum absolute atomic E-state index is 5.50. The van der Waals surface area contributed by atoms with E-state index in [1.54, 1.807) is 4.68 Å². The second-order valence-corrected chi connectivity index (χ2v) is 6.69. The number of ether oxygens (including phenoxy) is 1. The molecular formula is C21H21N5OS. The molecule has 2 N–H and O–H groups in total. The first-order valence-corrected chi connectivity index (χ1v) is 9.66. The third kappa shape index (κ3) is 3.36. The number of aromatic amines is 2. The zero-order chi connectivity index (χ0) is 19.5. The van der Waals surface area contributed by atoms with Gasteiger partial charge in [0, 0.05) is 28.2 Å². The number of fused-ring (bicyclic) bond motifs is 1. The summed E-state index contributed by atoms with van der Waals surface area (Å²) in [5.41, 5.74) is 4.34. The average Bonchev–Trinajstić information content (AvgIpc) is 3.30. The summed E-state index contributed by atoms with van der Waals surface area (Å²) in [6, 6.07) is 14.0. The molecule has 4 aromatic rings. The van der Waals surface area contributed by atoms with E-state index >= 15 is 0 Å². The van der Waals surface area contributed by atoms with Gasteiger partial charge in [-0.2, -0.15) is 14.9 Å². The standard InChI is InChI=1S/C21H21N5OS/c1-3-14-6-5-7-18-16(12-22-19(14)18)13-23-26-20(24-25-21(26)28)15-8-10-17(11-9-15)27-4-2/h5-13,22H,3-4H2,1-2H3,(H,25,28)/b23-13+. The van der Waals surface area contributed by atoms with Crippen LogP contribution in [0.1, 0.15) is 25.0 Å². The van der Waals surface area contributed by atoms with Gasteiger partial charge in [-0.3, -0.25) is 0 Å². The third-order valence-corrected chi connectivity index (χ3v) is 4.87. The molecule has 0 aliphatic carbocycles. The Kier molecular flexibility index (Phi) is 5.08. The van der Waals surface area contributed by atoms with Crippen molar-refractivity contribution in [2.24, 2.45) is 5.10 Å². The van der Waals surface area contributed by atoms with Crippen LogP contribution in [0, 0.1) is 4.77 Å². The highest BCUT2D eigenvalue weighted by molar-refractivity contribution is 7.71. The lowest BCUT2D eigenvalue weighted by Crippen LogP contribution is -1.95. The summed E-state index contributed by atoms with van der Waals surface area (Å²) in [6.45, 7) is 4.74. The van der Waals surface area contributed by atoms with Gasteiger partial charge < -0.3 is 9.72 Å². The van der Waals surface area contributed by atoms with E-state index in [-0.39, 0.29) is 0 Å². The smallest absolute Gasteiger partial charge is 0.216 e. The van der Waals surface area contributed by atoms with Gasteiger partial charge >= 0.3 is 0 Å². The molecule has 0 unspecified atom stereocenters. The van der Waals surface area contributed by atoms with Crippen LogP contribution in [0.4, 0.5) is 0 Å². The van der Waals surface area contributed by atoms with Crippen LogP contribution >= 0.6 is 12.2 Å². The van der Waals surface area contributed by atoms with Gasteiger partial charge in [0.15, 0.2) is 5.82 Å². The zero-order valence-electron chi connectivity index (χ0n) is 15.8. The Labute approximate surface area is 167 Å². The van der Waals surface area contributed by atoms with Gasteiger partial charge in [-0.15, -0.1) is 0 Å². The van der Waals surface area contributed by atoms with Gasteiger partial charge in [0.2, 0.25) is 4.77 Å². The molecule has 2 heterocycles. The fourth-order valence-corrected chi connectivity index (χ4v) is 3.39. The quantitative estimate of drug-likeness (QED) is 0.361. The second kappa shape index (κ2) is 7.82. The lowest BCUT2D eigenvalue weighted by atomic mass is 10.1. The molecule has 0 spiro atoms. The fraction of sp³-hybridized carbons (Fsp3) is 0.190. The summed E-state index contributed by atoms with van der Waals surface area (Å²) in [5, 5.41) is 12.9. The molecule has 0 saturated carbocycles. The fourth-order valence-electron chi connectivity index (χ4n) is 3.21. The van der Waals surface area contributed by atoms with Crippen LogP contribution in [-0.4, -0.2) is 32.7 Å². The summed E-state index contributed by atoms with van der Waals surface area (Å²) in [6.07, 6.45) is 4.75. The van der Waals surface area contributed by atoms with Crippen molar-refractivity contribution in [1.29, 1.82) is 0 Å². The molecule has 4 rings (SSSR count). The monoisotopic (exact) mass is 391 g/mol. The molecule has 0 aliphatic rings. The number of hydrogen-bond acceptors (Lipinski definition) is 4. The Morgan fingerprint density at radius 3 is 2.75 bits per heavy atom. The van der Waals surface area contributed by atoms with Crippen LogP contribution in [0.2, 0.25) is 0 Å². The summed E-state index contributed by atoms with van der Waals surface area (Å²) in [5.74, 6) is 1.47. The van der Waals surface area contributed by atoms with E-state index in [1.165, 1.54) is 5.56 Å². The molecule has 28 heavy (non-hydrogen) atoms. The van der Waals surface area contributed by atoms with Gasteiger partial charge in [0.25, 0.3) is 0 Å². The molecule has 0 aliphatic heterocycles. The molecule has 0 bridgehead atoms. The Morgan fingerprint density at radius 1 is 1.18 bits per heavy atom. The van der Waals surface area contributed by atoms with Gasteiger partial charge in [0.05, 0.1) is 12.8 Å². The number of nitrogens with zero attached hydrogens (tertiary/aromatic N) is 3. The normalized spacial score (nSPS) is 11.5. The van der Waals surface area contributed by atoms with Crippen molar-refractivity contribution in [3.63, 3.8) is 0 Å². The van der Waals surface area contributed by atoms with E-state index in [0.717, 1.165) is 34.2 Å². The predicted octanol–water partition coefficient (Wildman–Crippen LogP) is 4.93. The number of H-pyrrole nitrogens is 2. The Morgan fingerprint density at radius 2 is 2.00 bits per heavy atom. The molecule has 7 heteroatoms. The van der Waals surface area contributed by atoms with E-state index in [1.807, 2.05) is 43.6 Å². The SMILES string of the molecule is CCOc1ccc(-c2n[nH]c(=S)n2/N=C/c2c[nH]c3c(CC)cccc23)cc1. The Hall–Kier alpha value is -3.19. The molecular weight excluding hydrogens is 370 g/mol. The van der Waals surface area contributed by atoms with Crippen molar-refractivity contribution in [2.45, 2.75) is 20.3 Å². The van der Waals surface area contributed by atoms with Crippen LogP contribution in [0.15, 0.2) is 53.8 Å². The van der Waals surface area contributed by atoms with Crippen LogP contribution in [0.3, 0.4) is 0 Å². The zero-order valence-corrected chi connectivity index (χ0v) is 16.6. The van der Waals surface area contributed by atoms with Crippen molar-refractivity contribution in [1.82, 2.24) is 19.9 Å². The maximum Gasteiger partial charge on any atom is 0.216 e. The summed E-state index contributed by atoms with van der Waals surface area (Å²) in [4.78, 5) is 3.35. The van der Waals surface area contributed by atoms with E-state index < -0.39 is 0 Å². The predicted molar refractivity (Wildman–Crippen MR) is 115 cm³/mol. The summed E-state index contributed by atoms with van der Waals surface area (Å²) < 4.78 is 7.57. The van der Waals surface area contributed by atoms with Crippen molar-refractivity contribution in [2.75, 3.05) is 6.61 Å². The number of rotatable bonds is 6. The van der Waals surface area contributed by atoms with Crippen LogP contribution < -0.4 is 4.74 Å². The van der Waals surface area contributed by atoms with Gasteiger partial charge in [-0.25, -0.2) is 5.10 Å². The first kappa shape index (κ1) is 18.2. The lowest BCUT2D eigenvalue weighted by molar-refractivity contribution is 0.340. The maximum atomic E-state index is 5.50.